The maximum atomic E-state index is 14.7. The molecular formula is C71H60ClFN4O13S2. The molecule has 11 rings (SSSR count). The Morgan fingerprint density at radius 2 is 1.35 bits per heavy atom. The number of methoxy groups -OCH3 is 3. The second-order valence-corrected chi connectivity index (χ2v) is 24.1. The van der Waals surface area contributed by atoms with Crippen molar-refractivity contribution >= 4 is 49.2 Å². The summed E-state index contributed by atoms with van der Waals surface area (Å²) in [5, 5.41) is 22.1. The molecule has 2 atom stereocenters. The van der Waals surface area contributed by atoms with Gasteiger partial charge in [0.25, 0.3) is 10.1 Å². The normalized spacial score (nSPS) is 12.2. The Balaban J connectivity index is 0.954. The fraction of sp³-hybridized carbons (Fsp3) is 0.169. The molecular weight excluding hydrogens is 1240 g/mol. The molecule has 0 fully saturated rings. The minimum absolute atomic E-state index is 0.0496. The predicted octanol–water partition coefficient (Wildman–Crippen LogP) is 14.4. The van der Waals surface area contributed by atoms with Crippen molar-refractivity contribution in [2.45, 2.75) is 49.6 Å². The standard InChI is InChI=1S/C71H60ClFN4O13S2/c1-43-15-30-56(31-16-43)92(81,82)88-41-55(40-87-71(47-11-7-6-8-12-47,48-19-26-53(83-3)27-20-48)49-21-28-54(84-4)29-22-49)89-61-34-32-57(44(2)65(61)72)63-64-68(75-42-76-69(64)91-66(63)45-17-23-50(73)24-18-45)90-62(70(79)80)38-46-37-52(78)25-33-59(46)86-39-51-35-36-74-67(77-51)58-13-9-10-14-60(58)85-5/h6-37,42,55,62,78H,38-41H2,1-5H3,(H,79,80). The lowest BCUT2D eigenvalue weighted by atomic mass is 9.80. The monoisotopic (exact) mass is 1290 g/mol. The predicted molar refractivity (Wildman–Crippen MR) is 347 cm³/mol. The number of aliphatic carboxylic acids is 1. The van der Waals surface area contributed by atoms with Crippen molar-refractivity contribution in [3.05, 3.63) is 250 Å². The highest BCUT2D eigenvalue weighted by molar-refractivity contribution is 7.86. The minimum atomic E-state index is -4.37. The number of hydrogen-bond donors (Lipinski definition) is 2. The van der Waals surface area contributed by atoms with Gasteiger partial charge in [0, 0.05) is 28.6 Å². The average Bonchev–Trinajstić information content (AvgIpc) is 1.40. The molecule has 2 unspecified atom stereocenters. The molecule has 0 radical (unpaired) electrons. The number of carboxylic acids is 1. The van der Waals surface area contributed by atoms with Gasteiger partial charge in [-0.3, -0.25) is 4.18 Å². The molecule has 0 spiro atoms. The Kier molecular flexibility index (Phi) is 19.4. The number of hydrogen-bond acceptors (Lipinski definition) is 17. The van der Waals surface area contributed by atoms with Crippen LogP contribution in [0.15, 0.2) is 205 Å². The lowest BCUT2D eigenvalue weighted by Crippen LogP contribution is -2.39. The number of aryl methyl sites for hydroxylation is 1. The van der Waals surface area contributed by atoms with Crippen LogP contribution in [-0.2, 0) is 42.5 Å². The summed E-state index contributed by atoms with van der Waals surface area (Å²) in [7, 11) is 0.344. The molecule has 0 amide bonds. The highest BCUT2D eigenvalue weighted by Crippen LogP contribution is 2.50. The van der Waals surface area contributed by atoms with Gasteiger partial charge < -0.3 is 43.4 Å². The van der Waals surface area contributed by atoms with E-state index in [0.29, 0.717) is 88.4 Å². The molecule has 0 aliphatic rings. The SMILES string of the molecule is COc1ccc(C(OCC(COS(=O)(=O)c2ccc(C)cc2)Oc2ccc(-c3c(-c4ccc(F)cc4)sc4ncnc(OC(Cc5cc(O)ccc5OCc5ccnc(-c6ccccc6OC)n5)C(=O)O)c34)c(C)c2Cl)(c2ccccc2)c2ccc(OC)cc2)cc1. The van der Waals surface area contributed by atoms with Crippen LogP contribution in [0, 0.1) is 19.7 Å². The first-order valence-corrected chi connectivity index (χ1v) is 31.4. The molecule has 0 aliphatic heterocycles. The van der Waals surface area contributed by atoms with Crippen LogP contribution in [-0.4, -0.2) is 91.3 Å². The van der Waals surface area contributed by atoms with E-state index in [4.69, 9.17) is 48.9 Å². The van der Waals surface area contributed by atoms with Crippen LogP contribution < -0.4 is 28.4 Å². The number of para-hydroxylation sites is 1. The van der Waals surface area contributed by atoms with Crippen LogP contribution in [0.4, 0.5) is 4.39 Å². The van der Waals surface area contributed by atoms with Gasteiger partial charge in [0.15, 0.2) is 5.82 Å². The smallest absolute Gasteiger partial charge is 0.345 e. The summed E-state index contributed by atoms with van der Waals surface area (Å²) in [5.41, 5.74) is 5.13. The van der Waals surface area contributed by atoms with Crippen molar-refractivity contribution in [3.8, 4) is 73.3 Å². The number of fused-ring (bicyclic) bond motifs is 1. The first-order valence-electron chi connectivity index (χ1n) is 28.8. The molecule has 3 aromatic heterocycles. The Bertz CT molecular complexity index is 4480. The summed E-state index contributed by atoms with van der Waals surface area (Å²) >= 11 is 8.72. The van der Waals surface area contributed by atoms with Gasteiger partial charge in [-0.1, -0.05) is 114 Å². The number of aromatic nitrogens is 4. The second-order valence-electron chi connectivity index (χ2n) is 21.1. The van der Waals surface area contributed by atoms with Crippen LogP contribution in [0.25, 0.3) is 43.2 Å². The van der Waals surface area contributed by atoms with Gasteiger partial charge in [-0.25, -0.2) is 29.1 Å². The van der Waals surface area contributed by atoms with Crippen LogP contribution in [0.1, 0.15) is 39.1 Å². The number of benzene rings is 8. The Morgan fingerprint density at radius 1 is 0.685 bits per heavy atom. The summed E-state index contributed by atoms with van der Waals surface area (Å²) < 4.78 is 91.9. The third-order valence-corrected chi connectivity index (χ3v) is 18.2. The van der Waals surface area contributed by atoms with E-state index < -0.39 is 46.3 Å². The van der Waals surface area contributed by atoms with Crippen molar-refractivity contribution < 1.29 is 65.2 Å². The van der Waals surface area contributed by atoms with E-state index in [0.717, 1.165) is 11.1 Å². The molecule has 2 N–H and O–H groups in total. The zero-order valence-electron chi connectivity index (χ0n) is 50.3. The molecule has 468 valence electrons. The maximum Gasteiger partial charge on any atom is 0.345 e. The number of aromatic hydroxyl groups is 1. The molecule has 8 aromatic carbocycles. The molecule has 0 aliphatic carbocycles. The summed E-state index contributed by atoms with van der Waals surface area (Å²) in [6.45, 7) is 2.72. The molecule has 21 heteroatoms. The van der Waals surface area contributed by atoms with Crippen molar-refractivity contribution in [2.24, 2.45) is 0 Å². The van der Waals surface area contributed by atoms with E-state index in [9.17, 15) is 27.8 Å². The number of halogens is 2. The van der Waals surface area contributed by atoms with E-state index in [1.54, 1.807) is 83.0 Å². The molecule has 0 saturated carbocycles. The number of nitrogens with zero attached hydrogens (tertiary/aromatic N) is 4. The molecule has 3 heterocycles. The lowest BCUT2D eigenvalue weighted by molar-refractivity contribution is -0.145. The van der Waals surface area contributed by atoms with Gasteiger partial charge in [0.1, 0.15) is 76.4 Å². The Hall–Kier alpha value is -9.96. The number of thiophene rings is 1. The van der Waals surface area contributed by atoms with Gasteiger partial charge in [-0.15, -0.1) is 11.3 Å². The van der Waals surface area contributed by atoms with Gasteiger partial charge in [0.05, 0.1) is 54.5 Å². The van der Waals surface area contributed by atoms with E-state index >= 15 is 0 Å². The molecule has 0 bridgehead atoms. The minimum Gasteiger partial charge on any atom is -0.508 e. The van der Waals surface area contributed by atoms with Crippen molar-refractivity contribution in [3.63, 3.8) is 0 Å². The summed E-state index contributed by atoms with van der Waals surface area (Å²) in [5.74, 6) is 0.502. The van der Waals surface area contributed by atoms with Crippen LogP contribution in [0.5, 0.6) is 40.4 Å². The fourth-order valence-corrected chi connectivity index (χ4v) is 12.9. The fourth-order valence-electron chi connectivity index (χ4n) is 10.6. The first-order chi connectivity index (χ1) is 44.5. The summed E-state index contributed by atoms with van der Waals surface area (Å²) in [6, 6.07) is 53.3. The number of carboxylic acid groups (broad SMARTS) is 1. The molecule has 0 saturated heterocycles. The quantitative estimate of drug-likeness (QED) is 0.0380. The Labute approximate surface area is 539 Å². The van der Waals surface area contributed by atoms with Crippen LogP contribution in [0.3, 0.4) is 0 Å². The van der Waals surface area contributed by atoms with E-state index in [2.05, 4.69) is 19.9 Å². The number of rotatable bonds is 26. The first kappa shape index (κ1) is 63.6. The van der Waals surface area contributed by atoms with Gasteiger partial charge in [0.2, 0.25) is 12.0 Å². The van der Waals surface area contributed by atoms with Gasteiger partial charge in [-0.05, 0) is 138 Å². The highest BCUT2D eigenvalue weighted by Gasteiger charge is 2.40. The number of phenols is 1. The number of ether oxygens (including phenoxy) is 7. The van der Waals surface area contributed by atoms with Crippen LogP contribution in [0.2, 0.25) is 5.02 Å². The summed E-state index contributed by atoms with van der Waals surface area (Å²) in [6.07, 6.45) is -0.264. The van der Waals surface area contributed by atoms with Crippen LogP contribution >= 0.6 is 22.9 Å². The van der Waals surface area contributed by atoms with E-state index in [1.807, 2.05) is 104 Å². The van der Waals surface area contributed by atoms with Gasteiger partial charge in [-0.2, -0.15) is 8.42 Å². The van der Waals surface area contributed by atoms with E-state index in [-0.39, 0.29) is 52.7 Å². The third-order valence-electron chi connectivity index (χ3n) is 15.3. The van der Waals surface area contributed by atoms with Crippen molar-refractivity contribution in [1.29, 1.82) is 0 Å². The van der Waals surface area contributed by atoms with Crippen molar-refractivity contribution in [1.82, 2.24) is 19.9 Å². The Morgan fingerprint density at radius 3 is 2.02 bits per heavy atom. The van der Waals surface area contributed by atoms with Crippen molar-refractivity contribution in [2.75, 3.05) is 34.5 Å². The second kappa shape index (κ2) is 28.1. The molecule has 17 nitrogen and oxygen atoms in total. The number of carbonyl (C=O) groups is 1. The average molecular weight is 1300 g/mol. The molecule has 92 heavy (non-hydrogen) atoms. The third kappa shape index (κ3) is 13.8. The summed E-state index contributed by atoms with van der Waals surface area (Å²) in [4.78, 5) is 32.6. The zero-order valence-corrected chi connectivity index (χ0v) is 52.7. The zero-order chi connectivity index (χ0) is 64.5. The van der Waals surface area contributed by atoms with Gasteiger partial charge >= 0.3 is 5.97 Å². The maximum absolute atomic E-state index is 14.7. The lowest BCUT2D eigenvalue weighted by Gasteiger charge is -2.37. The largest absolute Gasteiger partial charge is 0.508 e. The highest BCUT2D eigenvalue weighted by atomic mass is 35.5. The van der Waals surface area contributed by atoms with E-state index in [1.165, 1.54) is 60.1 Å². The topological polar surface area (TPSA) is 217 Å². The molecule has 11 aromatic rings. The number of phenolic OH excluding ortho intramolecular Hbond substituents is 1.